The van der Waals surface area contributed by atoms with Gasteiger partial charge in [0.25, 0.3) is 0 Å². The van der Waals surface area contributed by atoms with Gasteiger partial charge in [0.1, 0.15) is 5.76 Å². The predicted octanol–water partition coefficient (Wildman–Crippen LogP) is 2.56. The van der Waals surface area contributed by atoms with E-state index in [1.54, 1.807) is 12.1 Å². The molecular weight excluding hydrogens is 164 g/mol. The summed E-state index contributed by atoms with van der Waals surface area (Å²) in [5.74, 6) is 0.579. The summed E-state index contributed by atoms with van der Waals surface area (Å²) in [7, 11) is 0. The molecule has 2 rings (SSSR count). The Hall–Kier alpha value is -1.83. The first-order valence-corrected chi connectivity index (χ1v) is 3.91. The molecule has 0 aliphatic rings. The predicted molar refractivity (Wildman–Crippen MR) is 48.4 cm³/mol. The van der Waals surface area contributed by atoms with Crippen LogP contribution in [0.2, 0.25) is 0 Å². The molecule has 63 valence electrons. The van der Waals surface area contributed by atoms with Gasteiger partial charge in [-0.1, -0.05) is 24.3 Å². The van der Waals surface area contributed by atoms with Crippen LogP contribution in [0.5, 0.6) is 0 Å². The Kier molecular flexibility index (Phi) is 1.96. The van der Waals surface area contributed by atoms with E-state index >= 15 is 0 Å². The Bertz CT molecular complexity index is 401. The van der Waals surface area contributed by atoms with Crippen molar-refractivity contribution in [2.75, 3.05) is 0 Å². The zero-order valence-corrected chi connectivity index (χ0v) is 6.86. The highest BCUT2D eigenvalue weighted by atomic mass is 16.3. The van der Waals surface area contributed by atoms with Crippen LogP contribution in [0.15, 0.2) is 41.0 Å². The summed E-state index contributed by atoms with van der Waals surface area (Å²) in [5.41, 5.74) is 1.36. The van der Waals surface area contributed by atoms with Gasteiger partial charge in [-0.05, 0) is 12.1 Å². The highest BCUT2D eigenvalue weighted by Crippen LogP contribution is 2.22. The summed E-state index contributed by atoms with van der Waals surface area (Å²) in [6.07, 6.45) is 2.28. The maximum absolute atomic E-state index is 10.6. The maximum Gasteiger partial charge on any atom is 0.153 e. The zero-order chi connectivity index (χ0) is 9.10. The second kappa shape index (κ2) is 3.27. The Labute approximate surface area is 75.8 Å². The van der Waals surface area contributed by atoms with Gasteiger partial charge >= 0.3 is 0 Å². The Morgan fingerprint density at radius 1 is 1.31 bits per heavy atom. The van der Waals surface area contributed by atoms with Crippen LogP contribution in [-0.2, 0) is 0 Å². The van der Waals surface area contributed by atoms with Gasteiger partial charge in [0.05, 0.1) is 11.8 Å². The van der Waals surface area contributed by atoms with E-state index in [4.69, 9.17) is 4.42 Å². The second-order valence-corrected chi connectivity index (χ2v) is 2.60. The van der Waals surface area contributed by atoms with Crippen molar-refractivity contribution in [1.82, 2.24) is 0 Å². The fourth-order valence-corrected chi connectivity index (χ4v) is 1.17. The van der Waals surface area contributed by atoms with Crippen molar-refractivity contribution < 1.29 is 9.21 Å². The third-order valence-electron chi connectivity index (χ3n) is 1.78. The van der Waals surface area contributed by atoms with E-state index < -0.39 is 0 Å². The molecule has 1 heterocycles. The van der Waals surface area contributed by atoms with Crippen molar-refractivity contribution in [2.24, 2.45) is 0 Å². The maximum atomic E-state index is 10.6. The molecule has 0 amide bonds. The van der Waals surface area contributed by atoms with Crippen molar-refractivity contribution >= 4 is 6.29 Å². The second-order valence-electron chi connectivity index (χ2n) is 2.60. The topological polar surface area (TPSA) is 30.2 Å². The van der Waals surface area contributed by atoms with Crippen LogP contribution in [0, 0.1) is 6.07 Å². The normalized spacial score (nSPS) is 9.85. The van der Waals surface area contributed by atoms with E-state index in [1.807, 2.05) is 18.2 Å². The number of benzene rings is 1. The van der Waals surface area contributed by atoms with Gasteiger partial charge in [0, 0.05) is 5.56 Å². The SMILES string of the molecule is O=Cc1ccoc1-c1[c]cccc1. The standard InChI is InChI=1S/C11H7O2/c12-8-10-6-7-13-11(10)9-4-2-1-3-5-9/h1-4,6-8H. The Morgan fingerprint density at radius 2 is 2.23 bits per heavy atom. The molecule has 2 aromatic rings. The first kappa shape index (κ1) is 7.80. The van der Waals surface area contributed by atoms with Gasteiger partial charge < -0.3 is 4.42 Å². The van der Waals surface area contributed by atoms with E-state index in [-0.39, 0.29) is 0 Å². The molecule has 0 unspecified atom stereocenters. The van der Waals surface area contributed by atoms with Crippen LogP contribution in [0.3, 0.4) is 0 Å². The lowest BCUT2D eigenvalue weighted by Gasteiger charge is -1.95. The lowest BCUT2D eigenvalue weighted by Crippen LogP contribution is -1.80. The van der Waals surface area contributed by atoms with E-state index in [1.165, 1.54) is 6.26 Å². The van der Waals surface area contributed by atoms with Crippen LogP contribution in [-0.4, -0.2) is 6.29 Å². The Morgan fingerprint density at radius 3 is 2.92 bits per heavy atom. The first-order valence-electron chi connectivity index (χ1n) is 3.91. The fraction of sp³-hybridized carbons (Fsp3) is 0. The molecule has 0 atom stereocenters. The van der Waals surface area contributed by atoms with Crippen molar-refractivity contribution in [3.8, 4) is 11.3 Å². The molecule has 0 aliphatic heterocycles. The number of furan rings is 1. The highest BCUT2D eigenvalue weighted by molar-refractivity contribution is 5.84. The molecule has 1 radical (unpaired) electrons. The molecule has 1 aromatic carbocycles. The van der Waals surface area contributed by atoms with Gasteiger partial charge in [-0.2, -0.15) is 0 Å². The summed E-state index contributed by atoms with van der Waals surface area (Å²) in [6, 6.07) is 12.0. The number of hydrogen-bond donors (Lipinski definition) is 0. The summed E-state index contributed by atoms with van der Waals surface area (Å²) in [5, 5.41) is 0. The molecule has 2 nitrogen and oxygen atoms in total. The highest BCUT2D eigenvalue weighted by Gasteiger charge is 2.06. The average molecular weight is 171 g/mol. The van der Waals surface area contributed by atoms with Gasteiger partial charge in [-0.15, -0.1) is 0 Å². The zero-order valence-electron chi connectivity index (χ0n) is 6.86. The summed E-state index contributed by atoms with van der Waals surface area (Å²) in [4.78, 5) is 10.6. The van der Waals surface area contributed by atoms with Crippen molar-refractivity contribution in [2.45, 2.75) is 0 Å². The largest absolute Gasteiger partial charge is 0.464 e. The monoisotopic (exact) mass is 171 g/mol. The third kappa shape index (κ3) is 1.38. The molecule has 13 heavy (non-hydrogen) atoms. The number of carbonyl (C=O) groups is 1. The van der Waals surface area contributed by atoms with Crippen LogP contribution in [0.1, 0.15) is 10.4 Å². The van der Waals surface area contributed by atoms with Crippen molar-refractivity contribution in [3.63, 3.8) is 0 Å². The molecule has 1 aromatic heterocycles. The molecule has 0 N–H and O–H groups in total. The number of carbonyl (C=O) groups excluding carboxylic acids is 1. The molecule has 0 bridgehead atoms. The number of rotatable bonds is 2. The molecule has 0 spiro atoms. The van der Waals surface area contributed by atoms with Crippen LogP contribution in [0.25, 0.3) is 11.3 Å². The van der Waals surface area contributed by atoms with E-state index in [0.29, 0.717) is 11.3 Å². The van der Waals surface area contributed by atoms with E-state index in [9.17, 15) is 4.79 Å². The lowest BCUT2D eigenvalue weighted by molar-refractivity contribution is 0.112. The molecular formula is C11H7O2. The van der Waals surface area contributed by atoms with Crippen LogP contribution in [0.4, 0.5) is 0 Å². The quantitative estimate of drug-likeness (QED) is 0.650. The van der Waals surface area contributed by atoms with E-state index in [2.05, 4.69) is 6.07 Å². The number of aldehydes is 1. The first-order chi connectivity index (χ1) is 6.42. The molecule has 0 saturated carbocycles. The lowest BCUT2D eigenvalue weighted by atomic mass is 10.1. The summed E-state index contributed by atoms with van der Waals surface area (Å²) in [6.45, 7) is 0. The van der Waals surface area contributed by atoms with E-state index in [0.717, 1.165) is 11.8 Å². The minimum atomic E-state index is 0.558. The fourth-order valence-electron chi connectivity index (χ4n) is 1.17. The summed E-state index contributed by atoms with van der Waals surface area (Å²) < 4.78 is 5.18. The average Bonchev–Trinajstić information content (AvgIpc) is 2.67. The molecule has 0 fully saturated rings. The van der Waals surface area contributed by atoms with Gasteiger partial charge in [0.15, 0.2) is 6.29 Å². The Balaban J connectivity index is 2.52. The number of hydrogen-bond acceptors (Lipinski definition) is 2. The summed E-state index contributed by atoms with van der Waals surface area (Å²) >= 11 is 0. The minimum Gasteiger partial charge on any atom is -0.464 e. The van der Waals surface area contributed by atoms with Gasteiger partial charge in [-0.25, -0.2) is 0 Å². The van der Waals surface area contributed by atoms with Gasteiger partial charge in [-0.3, -0.25) is 4.79 Å². The third-order valence-corrected chi connectivity index (χ3v) is 1.78. The smallest absolute Gasteiger partial charge is 0.153 e. The van der Waals surface area contributed by atoms with Crippen molar-refractivity contribution in [3.05, 3.63) is 48.2 Å². The minimum absolute atomic E-state index is 0.558. The van der Waals surface area contributed by atoms with Crippen LogP contribution >= 0.6 is 0 Å². The molecule has 2 heteroatoms. The molecule has 0 saturated heterocycles. The van der Waals surface area contributed by atoms with Crippen LogP contribution < -0.4 is 0 Å². The molecule has 0 aliphatic carbocycles. The van der Waals surface area contributed by atoms with Crippen molar-refractivity contribution in [1.29, 1.82) is 0 Å². The van der Waals surface area contributed by atoms with Gasteiger partial charge in [0.2, 0.25) is 0 Å².